The van der Waals surface area contributed by atoms with E-state index in [0.717, 1.165) is 30.1 Å². The summed E-state index contributed by atoms with van der Waals surface area (Å²) in [4.78, 5) is 21.5. The van der Waals surface area contributed by atoms with E-state index in [1.54, 1.807) is 13.3 Å². The lowest BCUT2D eigenvalue weighted by atomic mass is 10.2. The van der Waals surface area contributed by atoms with Crippen LogP contribution in [0.3, 0.4) is 0 Å². The van der Waals surface area contributed by atoms with Gasteiger partial charge in [-0.1, -0.05) is 35.0 Å². The van der Waals surface area contributed by atoms with E-state index in [2.05, 4.69) is 10.1 Å². The van der Waals surface area contributed by atoms with Crippen molar-refractivity contribution in [3.63, 3.8) is 0 Å². The van der Waals surface area contributed by atoms with Crippen molar-refractivity contribution in [2.75, 3.05) is 44.8 Å². The van der Waals surface area contributed by atoms with Crippen LogP contribution in [0.5, 0.6) is 5.75 Å². The Kier molecular flexibility index (Phi) is 6.30. The molecule has 1 saturated heterocycles. The van der Waals surface area contributed by atoms with Crippen LogP contribution in [0.2, 0.25) is 0 Å². The Morgan fingerprint density at radius 1 is 1.04 bits per heavy atom. The molecular weight excluding hydrogens is 342 g/mol. The number of carbonyl (C=O) groups is 1. The third-order valence-corrected chi connectivity index (χ3v) is 4.61. The number of benzene rings is 2. The molecule has 0 spiro atoms. The third kappa shape index (κ3) is 5.23. The first-order valence-electron chi connectivity index (χ1n) is 9.04. The van der Waals surface area contributed by atoms with Gasteiger partial charge in [-0.15, -0.1) is 0 Å². The minimum atomic E-state index is -0.0368. The summed E-state index contributed by atoms with van der Waals surface area (Å²) in [5, 5.41) is 3.89. The minimum absolute atomic E-state index is 0.0366. The van der Waals surface area contributed by atoms with Crippen LogP contribution in [0, 0.1) is 6.92 Å². The summed E-state index contributed by atoms with van der Waals surface area (Å²) >= 11 is 0. The fourth-order valence-corrected chi connectivity index (χ4v) is 2.94. The van der Waals surface area contributed by atoms with Crippen molar-refractivity contribution in [2.24, 2.45) is 5.16 Å². The van der Waals surface area contributed by atoms with Gasteiger partial charge in [0, 0.05) is 31.9 Å². The van der Waals surface area contributed by atoms with Gasteiger partial charge < -0.3 is 19.4 Å². The highest BCUT2D eigenvalue weighted by molar-refractivity contribution is 5.80. The zero-order valence-electron chi connectivity index (χ0n) is 15.8. The highest BCUT2D eigenvalue weighted by atomic mass is 16.6. The van der Waals surface area contributed by atoms with Gasteiger partial charge in [-0.2, -0.15) is 0 Å². The van der Waals surface area contributed by atoms with Crippen LogP contribution in [-0.4, -0.2) is 56.9 Å². The molecule has 2 aromatic carbocycles. The standard InChI is InChI=1S/C21H25N3O3/c1-17-3-5-18(6-4-17)15-22-27-16-21(25)24-13-11-23(12-14-24)19-7-9-20(26-2)10-8-19/h3-10,15H,11-14,16H2,1-2H3/b22-15-. The molecule has 142 valence electrons. The lowest BCUT2D eigenvalue weighted by Crippen LogP contribution is -2.49. The van der Waals surface area contributed by atoms with E-state index in [4.69, 9.17) is 9.57 Å². The molecule has 0 N–H and O–H groups in total. The number of hydrogen-bond acceptors (Lipinski definition) is 5. The summed E-state index contributed by atoms with van der Waals surface area (Å²) in [5.74, 6) is 0.807. The van der Waals surface area contributed by atoms with Crippen molar-refractivity contribution in [3.8, 4) is 5.75 Å². The molecule has 0 bridgehead atoms. The monoisotopic (exact) mass is 367 g/mol. The first-order valence-corrected chi connectivity index (χ1v) is 9.04. The third-order valence-electron chi connectivity index (χ3n) is 4.61. The molecule has 1 fully saturated rings. The second-order valence-corrected chi connectivity index (χ2v) is 6.48. The van der Waals surface area contributed by atoms with Crippen LogP contribution in [0.4, 0.5) is 5.69 Å². The Bertz CT molecular complexity index is 764. The van der Waals surface area contributed by atoms with Crippen molar-refractivity contribution in [2.45, 2.75) is 6.92 Å². The molecule has 0 radical (unpaired) electrons. The lowest BCUT2D eigenvalue weighted by Gasteiger charge is -2.35. The van der Waals surface area contributed by atoms with Gasteiger partial charge >= 0.3 is 0 Å². The van der Waals surface area contributed by atoms with E-state index in [9.17, 15) is 4.79 Å². The van der Waals surface area contributed by atoms with Crippen molar-refractivity contribution in [1.82, 2.24) is 4.90 Å². The molecule has 0 aromatic heterocycles. The van der Waals surface area contributed by atoms with Crippen molar-refractivity contribution >= 4 is 17.8 Å². The van der Waals surface area contributed by atoms with Crippen molar-refractivity contribution < 1.29 is 14.4 Å². The number of ether oxygens (including phenoxy) is 1. The molecule has 6 heteroatoms. The van der Waals surface area contributed by atoms with E-state index in [0.29, 0.717) is 13.1 Å². The summed E-state index contributed by atoms with van der Waals surface area (Å²) in [5.41, 5.74) is 3.28. The highest BCUT2D eigenvalue weighted by Crippen LogP contribution is 2.20. The van der Waals surface area contributed by atoms with Gasteiger partial charge in [-0.25, -0.2) is 0 Å². The van der Waals surface area contributed by atoms with E-state index in [1.165, 1.54) is 5.56 Å². The van der Waals surface area contributed by atoms with E-state index >= 15 is 0 Å². The largest absolute Gasteiger partial charge is 0.497 e. The molecule has 1 heterocycles. The predicted octanol–water partition coefficient (Wildman–Crippen LogP) is 2.70. The predicted molar refractivity (Wildman–Crippen MR) is 107 cm³/mol. The number of hydrogen-bond donors (Lipinski definition) is 0. The molecule has 27 heavy (non-hydrogen) atoms. The topological polar surface area (TPSA) is 54.4 Å². The normalized spacial score (nSPS) is 14.4. The number of carbonyl (C=O) groups excluding carboxylic acids is 1. The average molecular weight is 367 g/mol. The maximum Gasteiger partial charge on any atom is 0.263 e. The summed E-state index contributed by atoms with van der Waals surface area (Å²) < 4.78 is 5.19. The second-order valence-electron chi connectivity index (χ2n) is 6.48. The van der Waals surface area contributed by atoms with Crippen LogP contribution in [0.25, 0.3) is 0 Å². The molecular formula is C21H25N3O3. The minimum Gasteiger partial charge on any atom is -0.497 e. The summed E-state index contributed by atoms with van der Waals surface area (Å²) in [6, 6.07) is 15.9. The summed E-state index contributed by atoms with van der Waals surface area (Å²) in [6.45, 7) is 4.94. The van der Waals surface area contributed by atoms with Crippen molar-refractivity contribution in [1.29, 1.82) is 0 Å². The first kappa shape index (κ1) is 18.8. The van der Waals surface area contributed by atoms with Crippen LogP contribution in [-0.2, 0) is 9.63 Å². The summed E-state index contributed by atoms with van der Waals surface area (Å²) in [6.07, 6.45) is 1.62. The Labute approximate surface area is 160 Å². The zero-order chi connectivity index (χ0) is 19.1. The molecule has 3 rings (SSSR count). The fourth-order valence-electron chi connectivity index (χ4n) is 2.94. The number of piperazine rings is 1. The number of anilines is 1. The number of oxime groups is 1. The first-order chi connectivity index (χ1) is 13.2. The van der Waals surface area contributed by atoms with Gasteiger partial charge in [0.2, 0.25) is 0 Å². The van der Waals surface area contributed by atoms with Gasteiger partial charge in [0.15, 0.2) is 6.61 Å². The van der Waals surface area contributed by atoms with Gasteiger partial charge in [-0.3, -0.25) is 4.79 Å². The maximum absolute atomic E-state index is 12.3. The average Bonchev–Trinajstić information content (AvgIpc) is 2.72. The molecule has 1 aliphatic heterocycles. The van der Waals surface area contributed by atoms with Crippen molar-refractivity contribution in [3.05, 3.63) is 59.7 Å². The second kappa shape index (κ2) is 9.07. The van der Waals surface area contributed by atoms with E-state index < -0.39 is 0 Å². The molecule has 6 nitrogen and oxygen atoms in total. The maximum atomic E-state index is 12.3. The highest BCUT2D eigenvalue weighted by Gasteiger charge is 2.21. The summed E-state index contributed by atoms with van der Waals surface area (Å²) in [7, 11) is 1.66. The quantitative estimate of drug-likeness (QED) is 0.582. The molecule has 0 saturated carbocycles. The molecule has 1 aliphatic rings. The van der Waals surface area contributed by atoms with Crippen LogP contribution < -0.4 is 9.64 Å². The Hall–Kier alpha value is -3.02. The van der Waals surface area contributed by atoms with Crippen LogP contribution in [0.15, 0.2) is 53.7 Å². The van der Waals surface area contributed by atoms with Gasteiger partial charge in [0.1, 0.15) is 5.75 Å². The number of nitrogens with zero attached hydrogens (tertiary/aromatic N) is 3. The van der Waals surface area contributed by atoms with Crippen LogP contribution in [0.1, 0.15) is 11.1 Å². The lowest BCUT2D eigenvalue weighted by molar-refractivity contribution is -0.136. The number of aryl methyl sites for hydroxylation is 1. The smallest absolute Gasteiger partial charge is 0.263 e. The number of rotatable bonds is 6. The van der Waals surface area contributed by atoms with Crippen LogP contribution >= 0.6 is 0 Å². The van der Waals surface area contributed by atoms with E-state index in [-0.39, 0.29) is 12.5 Å². The Morgan fingerprint density at radius 2 is 1.70 bits per heavy atom. The van der Waals surface area contributed by atoms with E-state index in [1.807, 2.05) is 60.4 Å². The molecule has 1 amide bonds. The molecule has 2 aromatic rings. The fraction of sp³-hybridized carbons (Fsp3) is 0.333. The Balaban J connectivity index is 1.42. The van der Waals surface area contributed by atoms with Gasteiger partial charge in [0.05, 0.1) is 13.3 Å². The Morgan fingerprint density at radius 3 is 2.33 bits per heavy atom. The molecule has 0 aliphatic carbocycles. The molecule has 0 unspecified atom stereocenters. The van der Waals surface area contributed by atoms with Gasteiger partial charge in [-0.05, 0) is 36.8 Å². The number of methoxy groups -OCH3 is 1. The molecule has 0 atom stereocenters. The zero-order valence-corrected chi connectivity index (χ0v) is 15.8. The number of amides is 1. The van der Waals surface area contributed by atoms with Gasteiger partial charge in [0.25, 0.3) is 5.91 Å². The SMILES string of the molecule is COc1ccc(N2CCN(C(=O)CO/N=C\c3ccc(C)cc3)CC2)cc1.